The van der Waals surface area contributed by atoms with Crippen LogP contribution < -0.4 is 5.32 Å². The van der Waals surface area contributed by atoms with Gasteiger partial charge in [-0.1, -0.05) is 13.8 Å². The van der Waals surface area contributed by atoms with Crippen LogP contribution in [0.5, 0.6) is 0 Å². The third kappa shape index (κ3) is 2.85. The lowest BCUT2D eigenvalue weighted by Gasteiger charge is -2.07. The Morgan fingerprint density at radius 3 is 2.78 bits per heavy atom. The molecule has 0 aliphatic heterocycles. The van der Waals surface area contributed by atoms with Crippen LogP contribution in [0.4, 0.5) is 5.82 Å². The Morgan fingerprint density at radius 1 is 1.17 bits per heavy atom. The summed E-state index contributed by atoms with van der Waals surface area (Å²) in [4.78, 5) is 8.73. The van der Waals surface area contributed by atoms with Gasteiger partial charge in [0.15, 0.2) is 5.82 Å². The van der Waals surface area contributed by atoms with E-state index in [1.54, 1.807) is 12.4 Å². The molecule has 0 amide bonds. The smallest absolute Gasteiger partial charge is 0.152 e. The third-order valence-corrected chi connectivity index (χ3v) is 2.60. The summed E-state index contributed by atoms with van der Waals surface area (Å²) in [7, 11) is 0. The molecule has 0 saturated heterocycles. The van der Waals surface area contributed by atoms with Crippen LogP contribution in [0.2, 0.25) is 0 Å². The molecule has 5 nitrogen and oxygen atoms in total. The second kappa shape index (κ2) is 6.14. The van der Waals surface area contributed by atoms with E-state index < -0.39 is 0 Å². The van der Waals surface area contributed by atoms with Gasteiger partial charge in [0.05, 0.1) is 6.20 Å². The van der Waals surface area contributed by atoms with Crippen LogP contribution in [-0.2, 0) is 6.54 Å². The molecular weight excluding hydrogens is 226 g/mol. The highest BCUT2D eigenvalue weighted by atomic mass is 15.3. The van der Waals surface area contributed by atoms with Crippen LogP contribution >= 0.6 is 0 Å². The molecule has 96 valence electrons. The summed E-state index contributed by atoms with van der Waals surface area (Å²) in [6.45, 7) is 6.09. The van der Waals surface area contributed by atoms with Gasteiger partial charge in [0.1, 0.15) is 5.69 Å². The SMILES string of the molecule is CCCNc1nccnc1-c1cnn(CCC)c1. The Hall–Kier alpha value is -1.91. The first-order valence-corrected chi connectivity index (χ1v) is 6.42. The highest BCUT2D eigenvalue weighted by molar-refractivity contribution is 5.69. The molecule has 0 unspecified atom stereocenters. The normalized spacial score (nSPS) is 10.6. The molecule has 0 aromatic carbocycles. The zero-order valence-corrected chi connectivity index (χ0v) is 10.9. The van der Waals surface area contributed by atoms with Crippen molar-refractivity contribution < 1.29 is 0 Å². The molecule has 0 aliphatic rings. The zero-order chi connectivity index (χ0) is 12.8. The summed E-state index contributed by atoms with van der Waals surface area (Å²) < 4.78 is 1.94. The van der Waals surface area contributed by atoms with Gasteiger partial charge in [-0.3, -0.25) is 9.67 Å². The fourth-order valence-electron chi connectivity index (χ4n) is 1.76. The number of anilines is 1. The minimum Gasteiger partial charge on any atom is -0.368 e. The van der Waals surface area contributed by atoms with E-state index in [9.17, 15) is 0 Å². The van der Waals surface area contributed by atoms with Crippen molar-refractivity contribution in [2.45, 2.75) is 33.2 Å². The second-order valence-corrected chi connectivity index (χ2v) is 4.17. The molecule has 1 N–H and O–H groups in total. The van der Waals surface area contributed by atoms with E-state index in [-0.39, 0.29) is 0 Å². The highest BCUT2D eigenvalue weighted by Gasteiger charge is 2.09. The number of nitrogens with one attached hydrogen (secondary N) is 1. The first-order chi connectivity index (χ1) is 8.85. The number of aryl methyl sites for hydroxylation is 1. The van der Waals surface area contributed by atoms with E-state index in [0.29, 0.717) is 0 Å². The van der Waals surface area contributed by atoms with Crippen LogP contribution in [0.1, 0.15) is 26.7 Å². The van der Waals surface area contributed by atoms with Crippen LogP contribution in [0.25, 0.3) is 11.3 Å². The van der Waals surface area contributed by atoms with E-state index in [0.717, 1.165) is 43.0 Å². The van der Waals surface area contributed by atoms with Crippen LogP contribution in [0, 0.1) is 0 Å². The molecule has 0 atom stereocenters. The molecule has 2 rings (SSSR count). The van der Waals surface area contributed by atoms with E-state index in [1.165, 1.54) is 0 Å². The number of hydrogen-bond acceptors (Lipinski definition) is 4. The van der Waals surface area contributed by atoms with Gasteiger partial charge in [0.25, 0.3) is 0 Å². The van der Waals surface area contributed by atoms with Gasteiger partial charge in [-0.15, -0.1) is 0 Å². The number of nitrogens with zero attached hydrogens (tertiary/aromatic N) is 4. The highest BCUT2D eigenvalue weighted by Crippen LogP contribution is 2.22. The van der Waals surface area contributed by atoms with Gasteiger partial charge in [-0.05, 0) is 12.8 Å². The quantitative estimate of drug-likeness (QED) is 0.849. The monoisotopic (exact) mass is 245 g/mol. The van der Waals surface area contributed by atoms with Gasteiger partial charge in [0, 0.05) is 37.2 Å². The summed E-state index contributed by atoms with van der Waals surface area (Å²) in [5, 5.41) is 7.62. The molecule has 0 spiro atoms. The van der Waals surface area contributed by atoms with Crippen molar-refractivity contribution in [3.05, 3.63) is 24.8 Å². The van der Waals surface area contributed by atoms with Crippen molar-refractivity contribution in [2.75, 3.05) is 11.9 Å². The lowest BCUT2D eigenvalue weighted by atomic mass is 10.2. The maximum absolute atomic E-state index is 4.40. The van der Waals surface area contributed by atoms with Crippen LogP contribution in [-0.4, -0.2) is 26.3 Å². The number of rotatable bonds is 6. The van der Waals surface area contributed by atoms with Crippen molar-refractivity contribution in [3.63, 3.8) is 0 Å². The molecule has 0 fully saturated rings. The number of hydrogen-bond donors (Lipinski definition) is 1. The Bertz CT molecular complexity index is 492. The molecule has 18 heavy (non-hydrogen) atoms. The average molecular weight is 245 g/mol. The standard InChI is InChI=1S/C13H19N5/c1-3-5-15-13-12(14-6-7-16-13)11-9-17-18(10-11)8-4-2/h6-7,9-10H,3-5,8H2,1-2H3,(H,15,16). The van der Waals surface area contributed by atoms with E-state index in [2.05, 4.69) is 34.2 Å². The Morgan fingerprint density at radius 2 is 2.00 bits per heavy atom. The topological polar surface area (TPSA) is 55.6 Å². The van der Waals surface area contributed by atoms with Gasteiger partial charge in [-0.2, -0.15) is 5.10 Å². The summed E-state index contributed by atoms with van der Waals surface area (Å²) in [5.74, 6) is 0.829. The molecular formula is C13H19N5. The fraction of sp³-hybridized carbons (Fsp3) is 0.462. The Balaban J connectivity index is 2.25. The molecule has 2 aromatic heterocycles. The summed E-state index contributed by atoms with van der Waals surface area (Å²) in [5.41, 5.74) is 1.88. The third-order valence-electron chi connectivity index (χ3n) is 2.60. The van der Waals surface area contributed by atoms with E-state index in [1.807, 2.05) is 17.1 Å². The van der Waals surface area contributed by atoms with E-state index in [4.69, 9.17) is 0 Å². The Labute approximate surface area is 107 Å². The fourth-order valence-corrected chi connectivity index (χ4v) is 1.76. The van der Waals surface area contributed by atoms with E-state index >= 15 is 0 Å². The van der Waals surface area contributed by atoms with Gasteiger partial charge in [-0.25, -0.2) is 4.98 Å². The maximum Gasteiger partial charge on any atom is 0.152 e. The molecule has 0 saturated carbocycles. The first kappa shape index (κ1) is 12.5. The molecule has 0 radical (unpaired) electrons. The minimum absolute atomic E-state index is 0.829. The average Bonchev–Trinajstić information content (AvgIpc) is 2.86. The predicted molar refractivity (Wildman–Crippen MR) is 72.3 cm³/mol. The van der Waals surface area contributed by atoms with Crippen molar-refractivity contribution in [3.8, 4) is 11.3 Å². The van der Waals surface area contributed by atoms with Crippen LogP contribution in [0.15, 0.2) is 24.8 Å². The molecule has 0 bridgehead atoms. The maximum atomic E-state index is 4.40. The van der Waals surface area contributed by atoms with Crippen LogP contribution in [0.3, 0.4) is 0 Å². The summed E-state index contributed by atoms with van der Waals surface area (Å²) >= 11 is 0. The minimum atomic E-state index is 0.829. The first-order valence-electron chi connectivity index (χ1n) is 6.42. The van der Waals surface area contributed by atoms with Crippen molar-refractivity contribution in [1.82, 2.24) is 19.7 Å². The predicted octanol–water partition coefficient (Wildman–Crippen LogP) is 2.57. The lowest BCUT2D eigenvalue weighted by molar-refractivity contribution is 0.603. The number of aromatic nitrogens is 4. The largest absolute Gasteiger partial charge is 0.368 e. The summed E-state index contributed by atoms with van der Waals surface area (Å²) in [6.07, 6.45) is 9.41. The Kier molecular flexibility index (Phi) is 4.28. The molecule has 0 aliphatic carbocycles. The molecule has 2 aromatic rings. The van der Waals surface area contributed by atoms with Crippen molar-refractivity contribution in [1.29, 1.82) is 0 Å². The second-order valence-electron chi connectivity index (χ2n) is 4.17. The van der Waals surface area contributed by atoms with Gasteiger partial charge < -0.3 is 5.32 Å². The van der Waals surface area contributed by atoms with Gasteiger partial charge >= 0.3 is 0 Å². The lowest BCUT2D eigenvalue weighted by Crippen LogP contribution is -2.04. The molecule has 5 heteroatoms. The van der Waals surface area contributed by atoms with Crippen molar-refractivity contribution in [2.24, 2.45) is 0 Å². The van der Waals surface area contributed by atoms with Crippen molar-refractivity contribution >= 4 is 5.82 Å². The molecule has 2 heterocycles. The summed E-state index contributed by atoms with van der Waals surface area (Å²) in [6, 6.07) is 0. The zero-order valence-electron chi connectivity index (χ0n) is 10.9. The van der Waals surface area contributed by atoms with Gasteiger partial charge in [0.2, 0.25) is 0 Å².